The van der Waals surface area contributed by atoms with Crippen molar-refractivity contribution in [2.75, 3.05) is 13.1 Å². The molecule has 0 heterocycles. The van der Waals surface area contributed by atoms with Crippen molar-refractivity contribution in [3.8, 4) is 0 Å². The number of hydrogen-bond donors (Lipinski definition) is 2. The summed E-state index contributed by atoms with van der Waals surface area (Å²) in [6.45, 7) is 0.0499. The summed E-state index contributed by atoms with van der Waals surface area (Å²) in [5.74, 6) is -1.22. The third kappa shape index (κ3) is 3.79. The number of amides is 1. The van der Waals surface area contributed by atoms with Gasteiger partial charge in [-0.05, 0) is 24.3 Å². The van der Waals surface area contributed by atoms with Crippen molar-refractivity contribution in [2.24, 2.45) is 5.92 Å². The van der Waals surface area contributed by atoms with Crippen LogP contribution in [0, 0.1) is 5.92 Å². The van der Waals surface area contributed by atoms with Crippen molar-refractivity contribution in [1.82, 2.24) is 4.90 Å². The molecule has 1 aromatic rings. The Morgan fingerprint density at radius 2 is 1.89 bits per heavy atom. The first kappa shape index (κ1) is 13.5. The molecular formula is C14H17NO4. The van der Waals surface area contributed by atoms with Gasteiger partial charge in [0.2, 0.25) is 0 Å². The van der Waals surface area contributed by atoms with E-state index in [1.165, 1.54) is 4.90 Å². The van der Waals surface area contributed by atoms with Gasteiger partial charge in [-0.3, -0.25) is 9.59 Å². The van der Waals surface area contributed by atoms with Gasteiger partial charge in [0.05, 0.1) is 0 Å². The summed E-state index contributed by atoms with van der Waals surface area (Å²) < 4.78 is 0. The van der Waals surface area contributed by atoms with Crippen LogP contribution in [0.2, 0.25) is 0 Å². The monoisotopic (exact) mass is 263 g/mol. The molecule has 0 radical (unpaired) electrons. The summed E-state index contributed by atoms with van der Waals surface area (Å²) in [5, 5.41) is 18.9. The normalized spacial score (nSPS) is 15.8. The van der Waals surface area contributed by atoms with E-state index in [9.17, 15) is 14.7 Å². The molecule has 0 bridgehead atoms. The zero-order chi connectivity index (χ0) is 13.8. The Kier molecular flexibility index (Phi) is 4.16. The fourth-order valence-corrected chi connectivity index (χ4v) is 1.96. The highest BCUT2D eigenvalue weighted by molar-refractivity contribution is 5.85. The Balaban J connectivity index is 2.06. The third-order valence-electron chi connectivity index (χ3n) is 3.16. The highest BCUT2D eigenvalue weighted by atomic mass is 16.4. The average molecular weight is 263 g/mol. The predicted molar refractivity (Wildman–Crippen MR) is 68.3 cm³/mol. The van der Waals surface area contributed by atoms with Gasteiger partial charge >= 0.3 is 5.97 Å². The fraction of sp³-hybridized carbons (Fsp3) is 0.429. The summed E-state index contributed by atoms with van der Waals surface area (Å²) in [4.78, 5) is 24.2. The van der Waals surface area contributed by atoms with Gasteiger partial charge in [0.15, 0.2) is 6.10 Å². The Hall–Kier alpha value is -1.88. The molecule has 1 amide bonds. The van der Waals surface area contributed by atoms with Gasteiger partial charge in [0.25, 0.3) is 5.91 Å². The lowest BCUT2D eigenvalue weighted by molar-refractivity contribution is -0.149. The van der Waals surface area contributed by atoms with E-state index in [0.29, 0.717) is 18.0 Å². The van der Waals surface area contributed by atoms with E-state index in [4.69, 9.17) is 5.11 Å². The lowest BCUT2D eigenvalue weighted by Crippen LogP contribution is -2.40. The standard InChI is InChI=1S/C14H17NO4/c16-12(17)9-15(8-10-6-7-10)14(19)13(18)11-4-2-1-3-5-11/h1-5,10,13,18H,6-9H2,(H,16,17). The van der Waals surface area contributed by atoms with Gasteiger partial charge in [-0.25, -0.2) is 0 Å². The number of benzene rings is 1. The number of carbonyl (C=O) groups is 2. The van der Waals surface area contributed by atoms with Crippen LogP contribution in [0.1, 0.15) is 24.5 Å². The molecule has 1 aliphatic rings. The van der Waals surface area contributed by atoms with E-state index in [1.54, 1.807) is 30.3 Å². The third-order valence-corrected chi connectivity index (χ3v) is 3.16. The van der Waals surface area contributed by atoms with Crippen molar-refractivity contribution in [1.29, 1.82) is 0 Å². The van der Waals surface area contributed by atoms with Gasteiger partial charge in [-0.15, -0.1) is 0 Å². The molecular weight excluding hydrogens is 246 g/mol. The molecule has 1 unspecified atom stereocenters. The van der Waals surface area contributed by atoms with Crippen LogP contribution in [0.4, 0.5) is 0 Å². The second-order valence-corrected chi connectivity index (χ2v) is 4.87. The van der Waals surface area contributed by atoms with Crippen LogP contribution in [0.15, 0.2) is 30.3 Å². The topological polar surface area (TPSA) is 77.8 Å². The number of hydrogen-bond acceptors (Lipinski definition) is 3. The Labute approximate surface area is 111 Å². The minimum atomic E-state index is -1.29. The summed E-state index contributed by atoms with van der Waals surface area (Å²) >= 11 is 0. The van der Waals surface area contributed by atoms with E-state index >= 15 is 0 Å². The molecule has 1 aromatic carbocycles. The maximum atomic E-state index is 12.2. The molecule has 5 heteroatoms. The molecule has 102 valence electrons. The van der Waals surface area contributed by atoms with E-state index in [0.717, 1.165) is 12.8 Å². The van der Waals surface area contributed by atoms with Crippen LogP contribution in [0.5, 0.6) is 0 Å². The summed E-state index contributed by atoms with van der Waals surface area (Å²) in [6.07, 6.45) is 0.745. The lowest BCUT2D eigenvalue weighted by Gasteiger charge is -2.23. The highest BCUT2D eigenvalue weighted by Crippen LogP contribution is 2.30. The average Bonchev–Trinajstić information content (AvgIpc) is 3.21. The van der Waals surface area contributed by atoms with Crippen molar-refractivity contribution in [3.05, 3.63) is 35.9 Å². The van der Waals surface area contributed by atoms with Crippen LogP contribution < -0.4 is 0 Å². The number of carboxylic acid groups (broad SMARTS) is 1. The summed E-state index contributed by atoms with van der Waals surface area (Å²) in [6, 6.07) is 8.56. The Morgan fingerprint density at radius 3 is 2.42 bits per heavy atom. The smallest absolute Gasteiger partial charge is 0.323 e. The molecule has 1 saturated carbocycles. The minimum Gasteiger partial charge on any atom is -0.480 e. The molecule has 2 rings (SSSR count). The molecule has 1 aliphatic carbocycles. The van der Waals surface area contributed by atoms with Gasteiger partial charge in [0, 0.05) is 6.54 Å². The molecule has 0 aliphatic heterocycles. The van der Waals surface area contributed by atoms with Gasteiger partial charge in [0.1, 0.15) is 6.54 Å². The fourth-order valence-electron chi connectivity index (χ4n) is 1.96. The Bertz CT molecular complexity index is 456. The number of aliphatic hydroxyl groups is 1. The summed E-state index contributed by atoms with van der Waals surface area (Å²) in [7, 11) is 0. The first-order chi connectivity index (χ1) is 9.08. The number of aliphatic hydroxyl groups excluding tert-OH is 1. The molecule has 1 atom stereocenters. The van der Waals surface area contributed by atoms with Gasteiger partial charge < -0.3 is 15.1 Å². The number of rotatable bonds is 6. The van der Waals surface area contributed by atoms with Crippen LogP contribution in [0.3, 0.4) is 0 Å². The Morgan fingerprint density at radius 1 is 1.26 bits per heavy atom. The largest absolute Gasteiger partial charge is 0.480 e. The zero-order valence-electron chi connectivity index (χ0n) is 10.5. The SMILES string of the molecule is O=C(O)CN(CC1CC1)C(=O)C(O)c1ccccc1. The number of nitrogens with zero attached hydrogens (tertiary/aromatic N) is 1. The van der Waals surface area contributed by atoms with Crippen LogP contribution >= 0.6 is 0 Å². The van der Waals surface area contributed by atoms with Crippen molar-refractivity contribution < 1.29 is 19.8 Å². The second kappa shape index (κ2) is 5.84. The van der Waals surface area contributed by atoms with Gasteiger partial charge in [-0.1, -0.05) is 30.3 Å². The summed E-state index contributed by atoms with van der Waals surface area (Å²) in [5.41, 5.74) is 0.485. The lowest BCUT2D eigenvalue weighted by atomic mass is 10.1. The minimum absolute atomic E-state index is 0.362. The molecule has 0 saturated heterocycles. The first-order valence-corrected chi connectivity index (χ1v) is 6.31. The van der Waals surface area contributed by atoms with Crippen molar-refractivity contribution in [2.45, 2.75) is 18.9 Å². The van der Waals surface area contributed by atoms with Crippen LogP contribution in [-0.4, -0.2) is 40.1 Å². The predicted octanol–water partition coefficient (Wildman–Crippen LogP) is 1.04. The van der Waals surface area contributed by atoms with E-state index in [2.05, 4.69) is 0 Å². The molecule has 5 nitrogen and oxygen atoms in total. The molecule has 19 heavy (non-hydrogen) atoms. The molecule has 1 fully saturated rings. The first-order valence-electron chi connectivity index (χ1n) is 6.31. The van der Waals surface area contributed by atoms with Crippen molar-refractivity contribution in [3.63, 3.8) is 0 Å². The maximum absolute atomic E-state index is 12.2. The van der Waals surface area contributed by atoms with E-state index < -0.39 is 18.0 Å². The van der Waals surface area contributed by atoms with Crippen LogP contribution in [0.25, 0.3) is 0 Å². The number of carbonyl (C=O) groups excluding carboxylic acids is 1. The molecule has 0 spiro atoms. The zero-order valence-corrected chi connectivity index (χ0v) is 10.5. The van der Waals surface area contributed by atoms with Crippen LogP contribution in [-0.2, 0) is 9.59 Å². The van der Waals surface area contributed by atoms with E-state index in [-0.39, 0.29) is 6.54 Å². The van der Waals surface area contributed by atoms with E-state index in [1.807, 2.05) is 0 Å². The van der Waals surface area contributed by atoms with Crippen molar-refractivity contribution >= 4 is 11.9 Å². The molecule has 2 N–H and O–H groups in total. The van der Waals surface area contributed by atoms with Gasteiger partial charge in [-0.2, -0.15) is 0 Å². The quantitative estimate of drug-likeness (QED) is 0.804. The maximum Gasteiger partial charge on any atom is 0.323 e. The highest BCUT2D eigenvalue weighted by Gasteiger charge is 2.31. The molecule has 0 aromatic heterocycles. The number of carboxylic acids is 1. The number of aliphatic carboxylic acids is 1. The second-order valence-electron chi connectivity index (χ2n) is 4.87.